The predicted octanol–water partition coefficient (Wildman–Crippen LogP) is 3.38. The summed E-state index contributed by atoms with van der Waals surface area (Å²) in [5, 5.41) is 10.7. The van der Waals surface area contributed by atoms with E-state index in [1.54, 1.807) is 42.5 Å². The molecule has 0 aliphatic rings. The molecule has 11 heteroatoms. The van der Waals surface area contributed by atoms with E-state index < -0.39 is 17.4 Å². The van der Waals surface area contributed by atoms with Crippen molar-refractivity contribution in [3.05, 3.63) is 82.8 Å². The van der Waals surface area contributed by atoms with Gasteiger partial charge in [0.2, 0.25) is 5.91 Å². The van der Waals surface area contributed by atoms with Crippen molar-refractivity contribution in [3.63, 3.8) is 0 Å². The number of aromatic nitrogens is 3. The maximum atomic E-state index is 13.3. The second-order valence-electron chi connectivity index (χ2n) is 7.87. The van der Waals surface area contributed by atoms with Gasteiger partial charge in [0.25, 0.3) is 11.5 Å². The van der Waals surface area contributed by atoms with Crippen LogP contribution in [0, 0.1) is 0 Å². The number of para-hydroxylation sites is 1. The lowest BCUT2D eigenvalue weighted by atomic mass is 10.1. The normalized spacial score (nSPS) is 10.9. The average Bonchev–Trinajstić information content (AvgIpc) is 3.34. The lowest BCUT2D eigenvalue weighted by Crippen LogP contribution is -2.35. The molecular weight excluding hydrogens is 494 g/mol. The third-order valence-corrected chi connectivity index (χ3v) is 6.54. The van der Waals surface area contributed by atoms with Gasteiger partial charge in [0, 0.05) is 11.5 Å². The van der Waals surface area contributed by atoms with Crippen molar-refractivity contribution >= 4 is 49.3 Å². The summed E-state index contributed by atoms with van der Waals surface area (Å²) in [5.74, 6) is -0.184. The summed E-state index contributed by atoms with van der Waals surface area (Å²) in [6, 6.07) is 19.1. The van der Waals surface area contributed by atoms with Crippen LogP contribution in [-0.4, -0.2) is 47.3 Å². The first kappa shape index (κ1) is 23.9. The van der Waals surface area contributed by atoms with Crippen LogP contribution < -0.4 is 25.7 Å². The first-order valence-electron chi connectivity index (χ1n) is 11.2. The molecule has 5 aromatic rings. The standard InChI is InChI=1S/C26H21N5O5S/c1-35-15-11-12-19(20(13-15)36-2)31-25(34)17-8-4-3-7-16(17)23(30-31)24(33)27-14-22(32)29-26-28-18-9-5-6-10-21(18)37-26/h3-13H,14H2,1-2H3,(H,27,33)(H,28,29,32). The number of carbonyl (C=O) groups excluding carboxylic acids is 2. The highest BCUT2D eigenvalue weighted by molar-refractivity contribution is 7.22. The molecular formula is C26H21N5O5S. The molecule has 0 aliphatic carbocycles. The van der Waals surface area contributed by atoms with Crippen LogP contribution in [0.1, 0.15) is 10.5 Å². The van der Waals surface area contributed by atoms with Gasteiger partial charge in [-0.1, -0.05) is 41.7 Å². The zero-order valence-electron chi connectivity index (χ0n) is 19.8. The SMILES string of the molecule is COc1ccc(-n2nc(C(=O)NCC(=O)Nc3nc4ccccc4s3)c3ccccc3c2=O)c(OC)c1. The molecule has 0 unspecified atom stereocenters. The molecule has 2 N–H and O–H groups in total. The van der Waals surface area contributed by atoms with Crippen molar-refractivity contribution < 1.29 is 19.1 Å². The average molecular weight is 516 g/mol. The molecule has 0 radical (unpaired) electrons. The van der Waals surface area contributed by atoms with Gasteiger partial charge in [0.05, 0.1) is 36.4 Å². The zero-order valence-corrected chi connectivity index (χ0v) is 20.7. The van der Waals surface area contributed by atoms with Crippen molar-refractivity contribution in [1.82, 2.24) is 20.1 Å². The van der Waals surface area contributed by atoms with E-state index in [2.05, 4.69) is 20.7 Å². The van der Waals surface area contributed by atoms with E-state index in [1.165, 1.54) is 25.6 Å². The maximum Gasteiger partial charge on any atom is 0.279 e. The Kier molecular flexibility index (Phi) is 6.52. The Hall–Kier alpha value is -4.77. The summed E-state index contributed by atoms with van der Waals surface area (Å²) < 4.78 is 12.7. The van der Waals surface area contributed by atoms with Gasteiger partial charge in [-0.3, -0.25) is 14.4 Å². The van der Waals surface area contributed by atoms with Gasteiger partial charge in [0.1, 0.15) is 17.2 Å². The Morgan fingerprint density at radius 1 is 0.973 bits per heavy atom. The van der Waals surface area contributed by atoms with E-state index in [0.29, 0.717) is 33.1 Å². The molecule has 0 bridgehead atoms. The number of rotatable bonds is 7. The van der Waals surface area contributed by atoms with E-state index in [-0.39, 0.29) is 12.2 Å². The summed E-state index contributed by atoms with van der Waals surface area (Å²) in [6.45, 7) is -0.310. The monoisotopic (exact) mass is 515 g/mol. The minimum atomic E-state index is -0.614. The number of hydrogen-bond donors (Lipinski definition) is 2. The van der Waals surface area contributed by atoms with Crippen molar-refractivity contribution in [2.45, 2.75) is 0 Å². The number of nitrogens with one attached hydrogen (secondary N) is 2. The number of nitrogens with zero attached hydrogens (tertiary/aromatic N) is 3. The van der Waals surface area contributed by atoms with Crippen molar-refractivity contribution in [1.29, 1.82) is 0 Å². The number of fused-ring (bicyclic) bond motifs is 2. The van der Waals surface area contributed by atoms with Crippen LogP contribution >= 0.6 is 11.3 Å². The molecule has 10 nitrogen and oxygen atoms in total. The summed E-state index contributed by atoms with van der Waals surface area (Å²) in [4.78, 5) is 43.3. The molecule has 5 rings (SSSR count). The lowest BCUT2D eigenvalue weighted by Gasteiger charge is -2.14. The van der Waals surface area contributed by atoms with Gasteiger partial charge >= 0.3 is 0 Å². The van der Waals surface area contributed by atoms with Gasteiger partial charge in [-0.05, 0) is 30.3 Å². The smallest absolute Gasteiger partial charge is 0.279 e. The Bertz CT molecular complexity index is 1680. The molecule has 2 heterocycles. The summed E-state index contributed by atoms with van der Waals surface area (Å²) in [5.41, 5.74) is 0.672. The van der Waals surface area contributed by atoms with E-state index in [9.17, 15) is 14.4 Å². The van der Waals surface area contributed by atoms with Gasteiger partial charge in [-0.2, -0.15) is 9.78 Å². The topological polar surface area (TPSA) is 124 Å². The number of amides is 2. The van der Waals surface area contributed by atoms with E-state index in [4.69, 9.17) is 9.47 Å². The lowest BCUT2D eigenvalue weighted by molar-refractivity contribution is -0.115. The quantitative estimate of drug-likeness (QED) is 0.340. The Morgan fingerprint density at radius 2 is 1.73 bits per heavy atom. The molecule has 0 spiro atoms. The van der Waals surface area contributed by atoms with Crippen molar-refractivity contribution in [2.75, 3.05) is 26.1 Å². The molecule has 0 aliphatic heterocycles. The molecule has 0 saturated heterocycles. The minimum absolute atomic E-state index is 0.0131. The number of hydrogen-bond acceptors (Lipinski definition) is 8. The summed E-state index contributed by atoms with van der Waals surface area (Å²) in [7, 11) is 2.98. The Morgan fingerprint density at radius 3 is 2.49 bits per heavy atom. The Balaban J connectivity index is 1.43. The molecule has 2 aromatic heterocycles. The number of carbonyl (C=O) groups is 2. The second-order valence-corrected chi connectivity index (χ2v) is 8.90. The first-order chi connectivity index (χ1) is 18.0. The fourth-order valence-corrected chi connectivity index (χ4v) is 4.70. The number of thiazole rings is 1. The predicted molar refractivity (Wildman–Crippen MR) is 141 cm³/mol. The maximum absolute atomic E-state index is 13.3. The largest absolute Gasteiger partial charge is 0.497 e. The zero-order chi connectivity index (χ0) is 25.9. The second kappa shape index (κ2) is 10.1. The number of ether oxygens (including phenoxy) is 2. The fourth-order valence-electron chi connectivity index (χ4n) is 3.81. The van der Waals surface area contributed by atoms with Crippen LogP contribution in [-0.2, 0) is 4.79 Å². The van der Waals surface area contributed by atoms with Gasteiger partial charge in [0.15, 0.2) is 10.8 Å². The highest BCUT2D eigenvalue weighted by Gasteiger charge is 2.20. The van der Waals surface area contributed by atoms with Crippen LogP contribution in [0.4, 0.5) is 5.13 Å². The molecule has 186 valence electrons. The first-order valence-corrected chi connectivity index (χ1v) is 12.0. The minimum Gasteiger partial charge on any atom is -0.497 e. The molecule has 0 saturated carbocycles. The molecule has 37 heavy (non-hydrogen) atoms. The third kappa shape index (κ3) is 4.71. The van der Waals surface area contributed by atoms with Crippen molar-refractivity contribution in [3.8, 4) is 17.2 Å². The summed E-state index contributed by atoms with van der Waals surface area (Å²) >= 11 is 1.34. The highest BCUT2D eigenvalue weighted by atomic mass is 32.1. The van der Waals surface area contributed by atoms with Crippen molar-refractivity contribution in [2.24, 2.45) is 0 Å². The number of methoxy groups -OCH3 is 2. The fraction of sp³-hybridized carbons (Fsp3) is 0.115. The highest BCUT2D eigenvalue weighted by Crippen LogP contribution is 2.28. The summed E-state index contributed by atoms with van der Waals surface area (Å²) in [6.07, 6.45) is 0. The van der Waals surface area contributed by atoms with Crippen LogP contribution in [0.25, 0.3) is 26.7 Å². The van der Waals surface area contributed by atoms with Gasteiger partial charge in [-0.25, -0.2) is 4.98 Å². The molecule has 0 fully saturated rings. The van der Waals surface area contributed by atoms with Crippen LogP contribution in [0.2, 0.25) is 0 Å². The van der Waals surface area contributed by atoms with Crippen LogP contribution in [0.15, 0.2) is 71.5 Å². The number of anilines is 1. The van der Waals surface area contributed by atoms with E-state index in [0.717, 1.165) is 14.9 Å². The van der Waals surface area contributed by atoms with E-state index >= 15 is 0 Å². The van der Waals surface area contributed by atoms with E-state index in [1.807, 2.05) is 24.3 Å². The third-order valence-electron chi connectivity index (χ3n) is 5.58. The molecule has 0 atom stereocenters. The molecule has 2 amide bonds. The number of benzene rings is 3. The van der Waals surface area contributed by atoms with Gasteiger partial charge < -0.3 is 20.1 Å². The molecule has 3 aromatic carbocycles. The van der Waals surface area contributed by atoms with Gasteiger partial charge in [-0.15, -0.1) is 0 Å². The van der Waals surface area contributed by atoms with Crippen LogP contribution in [0.3, 0.4) is 0 Å². The Labute approximate surface area is 214 Å². The van der Waals surface area contributed by atoms with Crippen LogP contribution in [0.5, 0.6) is 11.5 Å².